The Morgan fingerprint density at radius 3 is 2.38 bits per heavy atom. The number of hydrogen-bond donors (Lipinski definition) is 0. The topological polar surface area (TPSA) is 25.4 Å². The minimum Gasteiger partial charge on any atom is -0.290 e. The quantitative estimate of drug-likeness (QED) is 0.381. The van der Waals surface area contributed by atoms with Crippen molar-refractivity contribution in [1.82, 2.24) is 4.40 Å². The zero-order valence-corrected chi connectivity index (χ0v) is 15.1. The lowest BCUT2D eigenvalue weighted by Gasteiger charge is -2.04. The Balaban J connectivity index is 1.85. The molecule has 4 aromatic rings. The molecule has 128 valence electrons. The van der Waals surface area contributed by atoms with Crippen LogP contribution < -0.4 is 4.57 Å². The van der Waals surface area contributed by atoms with Crippen LogP contribution in [-0.2, 0) is 6.54 Å². The SMILES string of the molecule is Cc1c(-c2ccccc2)[n+](CC(=O)c2ccc(Cl)cc2)c2ccccn12. The maximum absolute atomic E-state index is 12.9. The molecule has 0 atom stereocenters. The molecule has 0 bridgehead atoms. The van der Waals surface area contributed by atoms with Crippen LogP contribution in [0.1, 0.15) is 16.1 Å². The maximum Gasteiger partial charge on any atom is 0.287 e. The van der Waals surface area contributed by atoms with Crippen molar-refractivity contribution in [2.75, 3.05) is 0 Å². The minimum absolute atomic E-state index is 0.0557. The van der Waals surface area contributed by atoms with E-state index in [0.29, 0.717) is 10.6 Å². The number of nitrogens with zero attached hydrogens (tertiary/aromatic N) is 2. The lowest BCUT2D eigenvalue weighted by atomic mass is 10.1. The molecule has 0 unspecified atom stereocenters. The van der Waals surface area contributed by atoms with Crippen LogP contribution in [0.5, 0.6) is 0 Å². The Labute approximate surface area is 157 Å². The number of ketones is 1. The van der Waals surface area contributed by atoms with Crippen LogP contribution in [0.15, 0.2) is 79.0 Å². The van der Waals surface area contributed by atoms with Gasteiger partial charge in [0, 0.05) is 29.1 Å². The molecular weight excluding hydrogens is 344 g/mol. The molecule has 0 radical (unpaired) electrons. The first-order chi connectivity index (χ1) is 12.6. The molecule has 4 heteroatoms. The van der Waals surface area contributed by atoms with Crippen molar-refractivity contribution in [1.29, 1.82) is 0 Å². The fraction of sp³-hybridized carbons (Fsp3) is 0.0909. The van der Waals surface area contributed by atoms with Gasteiger partial charge in [0.25, 0.3) is 5.65 Å². The molecule has 3 nitrogen and oxygen atoms in total. The fourth-order valence-electron chi connectivity index (χ4n) is 3.35. The van der Waals surface area contributed by atoms with Gasteiger partial charge in [0.1, 0.15) is 0 Å². The maximum atomic E-state index is 12.9. The molecule has 0 aliphatic rings. The van der Waals surface area contributed by atoms with Gasteiger partial charge in [-0.05, 0) is 30.3 Å². The van der Waals surface area contributed by atoms with E-state index < -0.39 is 0 Å². The molecule has 0 aliphatic carbocycles. The number of pyridine rings is 1. The lowest BCUT2D eigenvalue weighted by molar-refractivity contribution is -0.645. The number of aryl methyl sites for hydroxylation is 1. The summed E-state index contributed by atoms with van der Waals surface area (Å²) < 4.78 is 4.21. The van der Waals surface area contributed by atoms with Gasteiger partial charge >= 0.3 is 0 Å². The zero-order chi connectivity index (χ0) is 18.1. The first-order valence-corrected chi connectivity index (χ1v) is 8.86. The van der Waals surface area contributed by atoms with Gasteiger partial charge in [0.2, 0.25) is 5.78 Å². The monoisotopic (exact) mass is 361 g/mol. The van der Waals surface area contributed by atoms with E-state index in [1.165, 1.54) is 0 Å². The minimum atomic E-state index is 0.0557. The van der Waals surface area contributed by atoms with Gasteiger partial charge in [-0.1, -0.05) is 48.0 Å². The van der Waals surface area contributed by atoms with E-state index in [0.717, 1.165) is 22.6 Å². The van der Waals surface area contributed by atoms with E-state index in [1.54, 1.807) is 24.3 Å². The second-order valence-electron chi connectivity index (χ2n) is 6.25. The van der Waals surface area contributed by atoms with Crippen molar-refractivity contribution in [3.8, 4) is 11.3 Å². The normalized spacial score (nSPS) is 11.0. The Bertz CT molecular complexity index is 1080. The van der Waals surface area contributed by atoms with Crippen molar-refractivity contribution in [2.24, 2.45) is 0 Å². The van der Waals surface area contributed by atoms with Crippen molar-refractivity contribution in [2.45, 2.75) is 13.5 Å². The van der Waals surface area contributed by atoms with E-state index in [9.17, 15) is 4.79 Å². The molecule has 0 amide bonds. The van der Waals surface area contributed by atoms with Crippen molar-refractivity contribution in [3.63, 3.8) is 0 Å². The number of imidazole rings is 1. The van der Waals surface area contributed by atoms with Crippen molar-refractivity contribution < 1.29 is 9.36 Å². The van der Waals surface area contributed by atoms with Crippen LogP contribution in [0.3, 0.4) is 0 Å². The van der Waals surface area contributed by atoms with Crippen LogP contribution in [0, 0.1) is 6.92 Å². The predicted molar refractivity (Wildman–Crippen MR) is 104 cm³/mol. The van der Waals surface area contributed by atoms with Crippen molar-refractivity contribution in [3.05, 3.63) is 95.3 Å². The number of Topliss-reactive ketones (excluding diaryl/α,β-unsaturated/α-hetero) is 1. The predicted octanol–water partition coefficient (Wildman–Crippen LogP) is 4.74. The van der Waals surface area contributed by atoms with E-state index in [4.69, 9.17) is 11.6 Å². The Hall–Kier alpha value is -2.91. The molecule has 0 spiro atoms. The Kier molecular flexibility index (Phi) is 4.31. The molecule has 0 fully saturated rings. The van der Waals surface area contributed by atoms with E-state index in [2.05, 4.69) is 28.0 Å². The first kappa shape index (κ1) is 16.6. The summed E-state index contributed by atoms with van der Waals surface area (Å²) in [5.74, 6) is 0.0557. The second kappa shape index (κ2) is 6.77. The summed E-state index contributed by atoms with van der Waals surface area (Å²) in [5.41, 5.74) is 4.91. The Morgan fingerprint density at radius 2 is 1.65 bits per heavy atom. The summed E-state index contributed by atoms with van der Waals surface area (Å²) in [5, 5.41) is 0.629. The third kappa shape index (κ3) is 2.91. The van der Waals surface area contributed by atoms with Crippen LogP contribution in [0.25, 0.3) is 16.9 Å². The van der Waals surface area contributed by atoms with Gasteiger partial charge in [0.05, 0.1) is 6.20 Å². The smallest absolute Gasteiger partial charge is 0.287 e. The highest BCUT2D eigenvalue weighted by atomic mass is 35.5. The van der Waals surface area contributed by atoms with Gasteiger partial charge < -0.3 is 0 Å². The summed E-state index contributed by atoms with van der Waals surface area (Å²) in [7, 11) is 0. The van der Waals surface area contributed by atoms with E-state index >= 15 is 0 Å². The van der Waals surface area contributed by atoms with Crippen LogP contribution in [-0.4, -0.2) is 10.2 Å². The van der Waals surface area contributed by atoms with Gasteiger partial charge in [-0.25, -0.2) is 4.57 Å². The summed E-state index contributed by atoms with van der Waals surface area (Å²) in [6.07, 6.45) is 2.03. The largest absolute Gasteiger partial charge is 0.290 e. The summed E-state index contributed by atoms with van der Waals surface area (Å²) in [6.45, 7) is 2.35. The molecule has 0 saturated carbocycles. The summed E-state index contributed by atoms with van der Waals surface area (Å²) in [4.78, 5) is 12.9. The fourth-order valence-corrected chi connectivity index (χ4v) is 3.48. The highest BCUT2D eigenvalue weighted by molar-refractivity contribution is 6.30. The van der Waals surface area contributed by atoms with Gasteiger partial charge in [0.15, 0.2) is 17.9 Å². The van der Waals surface area contributed by atoms with Crippen molar-refractivity contribution >= 4 is 23.0 Å². The second-order valence-corrected chi connectivity index (χ2v) is 6.68. The molecule has 2 aromatic heterocycles. The third-order valence-corrected chi connectivity index (χ3v) is 4.86. The van der Waals surface area contributed by atoms with E-state index in [1.807, 2.05) is 42.6 Å². The molecule has 4 rings (SSSR count). The van der Waals surface area contributed by atoms with Crippen LogP contribution in [0.4, 0.5) is 0 Å². The Morgan fingerprint density at radius 1 is 0.962 bits per heavy atom. The number of fused-ring (bicyclic) bond motifs is 1. The van der Waals surface area contributed by atoms with Crippen LogP contribution >= 0.6 is 11.6 Å². The van der Waals surface area contributed by atoms with Gasteiger partial charge in [-0.2, -0.15) is 4.40 Å². The number of rotatable bonds is 4. The average Bonchev–Trinajstić information content (AvgIpc) is 2.95. The molecular formula is C22H18ClN2O+. The first-order valence-electron chi connectivity index (χ1n) is 8.49. The molecule has 0 N–H and O–H groups in total. The number of halogens is 1. The van der Waals surface area contributed by atoms with Gasteiger partial charge in [-0.3, -0.25) is 4.79 Å². The average molecular weight is 362 g/mol. The standard InChI is InChI=1S/C22H18ClN2O/c1-16-22(18-7-3-2-4-8-18)25(21-9-5-6-14-24(16)21)15-20(26)17-10-12-19(23)13-11-17/h2-14H,15H2,1H3/q+1. The summed E-state index contributed by atoms with van der Waals surface area (Å²) in [6, 6.07) is 23.3. The molecule has 2 heterocycles. The van der Waals surface area contributed by atoms with E-state index in [-0.39, 0.29) is 12.3 Å². The highest BCUT2D eigenvalue weighted by Crippen LogP contribution is 2.22. The van der Waals surface area contributed by atoms with Crippen LogP contribution in [0.2, 0.25) is 5.02 Å². The number of carbonyl (C=O) groups excluding carboxylic acids is 1. The molecule has 0 saturated heterocycles. The highest BCUT2D eigenvalue weighted by Gasteiger charge is 2.25. The molecule has 0 aliphatic heterocycles. The summed E-state index contributed by atoms with van der Waals surface area (Å²) >= 11 is 5.94. The number of benzene rings is 2. The third-order valence-electron chi connectivity index (χ3n) is 4.60. The number of hydrogen-bond acceptors (Lipinski definition) is 1. The number of aromatic nitrogens is 2. The molecule has 26 heavy (non-hydrogen) atoms. The van der Waals surface area contributed by atoms with Gasteiger partial charge in [-0.15, -0.1) is 0 Å². The zero-order valence-electron chi connectivity index (χ0n) is 14.4. The molecule has 2 aromatic carbocycles. The number of carbonyl (C=O) groups is 1. The lowest BCUT2D eigenvalue weighted by Crippen LogP contribution is -2.39.